The van der Waals surface area contributed by atoms with E-state index in [9.17, 15) is 9.59 Å². The minimum Gasteiger partial charge on any atom is -0.368 e. The molecule has 0 radical (unpaired) electrons. The Kier molecular flexibility index (Phi) is 3.68. The molecule has 0 saturated heterocycles. The van der Waals surface area contributed by atoms with Crippen molar-refractivity contribution >= 4 is 11.9 Å². The van der Waals surface area contributed by atoms with Gasteiger partial charge in [0.05, 0.1) is 6.07 Å². The fourth-order valence-corrected chi connectivity index (χ4v) is 0.688. The summed E-state index contributed by atoms with van der Waals surface area (Å²) < 4.78 is 0. The molecule has 6 heteroatoms. The molecule has 0 aliphatic rings. The first-order valence-electron chi connectivity index (χ1n) is 4.42. The van der Waals surface area contributed by atoms with Crippen LogP contribution in [0.15, 0.2) is 0 Å². The second-order valence-corrected chi connectivity index (χ2v) is 4.31. The van der Waals surface area contributed by atoms with Gasteiger partial charge in [0.1, 0.15) is 11.1 Å². The lowest BCUT2D eigenvalue weighted by molar-refractivity contribution is -0.122. The van der Waals surface area contributed by atoms with E-state index in [1.807, 2.05) is 6.07 Å². The van der Waals surface area contributed by atoms with Crippen molar-refractivity contribution in [2.24, 2.45) is 5.73 Å². The zero-order valence-electron chi connectivity index (χ0n) is 9.34. The Morgan fingerprint density at radius 1 is 1.20 bits per heavy atom. The Bertz CT molecular complexity index is 315. The van der Waals surface area contributed by atoms with E-state index in [-0.39, 0.29) is 0 Å². The molecule has 84 valence electrons. The quantitative estimate of drug-likeness (QED) is 0.605. The largest absolute Gasteiger partial charge is 0.368 e. The molecule has 0 saturated carbocycles. The van der Waals surface area contributed by atoms with E-state index in [4.69, 9.17) is 11.0 Å². The van der Waals surface area contributed by atoms with Gasteiger partial charge >= 0.3 is 6.03 Å². The van der Waals surface area contributed by atoms with Crippen LogP contribution in [-0.2, 0) is 4.79 Å². The molecule has 0 fully saturated rings. The second-order valence-electron chi connectivity index (χ2n) is 4.31. The smallest absolute Gasteiger partial charge is 0.316 e. The van der Waals surface area contributed by atoms with Crippen LogP contribution in [0.2, 0.25) is 0 Å². The molecule has 0 aromatic rings. The van der Waals surface area contributed by atoms with E-state index in [0.717, 1.165) is 0 Å². The van der Waals surface area contributed by atoms with E-state index in [0.29, 0.717) is 0 Å². The standard InChI is InChI=1S/C9H16N4O2/c1-8(2,5-10)12-7(15)13-9(3,4)6(11)14/h1-4H3,(H2,11,14)(H2,12,13,15). The fourth-order valence-electron chi connectivity index (χ4n) is 0.688. The lowest BCUT2D eigenvalue weighted by Crippen LogP contribution is -2.58. The topological polar surface area (TPSA) is 108 Å². The molecular weight excluding hydrogens is 196 g/mol. The normalized spacial score (nSPS) is 11.4. The van der Waals surface area contributed by atoms with Gasteiger partial charge in [0, 0.05) is 0 Å². The summed E-state index contributed by atoms with van der Waals surface area (Å²) in [4.78, 5) is 22.3. The third-order valence-electron chi connectivity index (χ3n) is 1.75. The monoisotopic (exact) mass is 212 g/mol. The summed E-state index contributed by atoms with van der Waals surface area (Å²) in [6.07, 6.45) is 0. The van der Waals surface area contributed by atoms with Crippen LogP contribution in [0, 0.1) is 11.3 Å². The van der Waals surface area contributed by atoms with Crippen molar-refractivity contribution in [2.45, 2.75) is 38.8 Å². The Balaban J connectivity index is 4.42. The summed E-state index contributed by atoms with van der Waals surface area (Å²) in [5, 5.41) is 13.4. The first-order valence-corrected chi connectivity index (χ1v) is 4.42. The number of nitriles is 1. The highest BCUT2D eigenvalue weighted by Gasteiger charge is 2.29. The lowest BCUT2D eigenvalue weighted by atomic mass is 10.1. The summed E-state index contributed by atoms with van der Waals surface area (Å²) in [5.41, 5.74) is 2.94. The van der Waals surface area contributed by atoms with Crippen molar-refractivity contribution in [1.82, 2.24) is 10.6 Å². The zero-order valence-corrected chi connectivity index (χ0v) is 9.34. The summed E-state index contributed by atoms with van der Waals surface area (Å²) in [7, 11) is 0. The van der Waals surface area contributed by atoms with Crippen molar-refractivity contribution < 1.29 is 9.59 Å². The van der Waals surface area contributed by atoms with E-state index < -0.39 is 23.0 Å². The van der Waals surface area contributed by atoms with Crippen LogP contribution >= 0.6 is 0 Å². The number of urea groups is 1. The SMILES string of the molecule is CC(C)(C#N)NC(=O)NC(C)(C)C(N)=O. The lowest BCUT2D eigenvalue weighted by Gasteiger charge is -2.25. The highest BCUT2D eigenvalue weighted by molar-refractivity contribution is 5.89. The highest BCUT2D eigenvalue weighted by Crippen LogP contribution is 2.02. The van der Waals surface area contributed by atoms with Crippen molar-refractivity contribution in [2.75, 3.05) is 0 Å². The van der Waals surface area contributed by atoms with E-state index >= 15 is 0 Å². The third kappa shape index (κ3) is 4.31. The summed E-state index contributed by atoms with van der Waals surface area (Å²) >= 11 is 0. The van der Waals surface area contributed by atoms with Gasteiger partial charge in [-0.1, -0.05) is 0 Å². The van der Waals surface area contributed by atoms with Crippen molar-refractivity contribution in [3.63, 3.8) is 0 Å². The molecule has 0 rings (SSSR count). The number of carbonyl (C=O) groups is 2. The van der Waals surface area contributed by atoms with Crippen molar-refractivity contribution in [3.8, 4) is 6.07 Å². The number of rotatable bonds is 3. The molecule has 0 aliphatic heterocycles. The minimum atomic E-state index is -1.14. The first kappa shape index (κ1) is 13.2. The molecule has 0 bridgehead atoms. The molecule has 4 N–H and O–H groups in total. The van der Waals surface area contributed by atoms with Gasteiger partial charge in [-0.05, 0) is 27.7 Å². The van der Waals surface area contributed by atoms with Gasteiger partial charge in [0.25, 0.3) is 0 Å². The molecule has 0 unspecified atom stereocenters. The Morgan fingerprint density at radius 3 is 2.00 bits per heavy atom. The van der Waals surface area contributed by atoms with Crippen LogP contribution < -0.4 is 16.4 Å². The fraction of sp³-hybridized carbons (Fsp3) is 0.667. The number of nitrogens with one attached hydrogen (secondary N) is 2. The number of carbonyl (C=O) groups excluding carboxylic acids is 2. The van der Waals surface area contributed by atoms with Crippen LogP contribution in [0.1, 0.15) is 27.7 Å². The van der Waals surface area contributed by atoms with Crippen LogP contribution in [0.4, 0.5) is 4.79 Å². The minimum absolute atomic E-state index is 0.606. The number of hydrogen-bond donors (Lipinski definition) is 3. The van der Waals surface area contributed by atoms with Crippen molar-refractivity contribution in [1.29, 1.82) is 5.26 Å². The highest BCUT2D eigenvalue weighted by atomic mass is 16.2. The average molecular weight is 212 g/mol. The van der Waals surface area contributed by atoms with Crippen LogP contribution in [0.3, 0.4) is 0 Å². The molecule has 0 aliphatic carbocycles. The average Bonchev–Trinajstić information content (AvgIpc) is 2.01. The number of primary amides is 1. The number of hydrogen-bond acceptors (Lipinski definition) is 3. The van der Waals surface area contributed by atoms with Crippen molar-refractivity contribution in [3.05, 3.63) is 0 Å². The van der Waals surface area contributed by atoms with Gasteiger partial charge < -0.3 is 16.4 Å². The van der Waals surface area contributed by atoms with Gasteiger partial charge in [-0.25, -0.2) is 4.79 Å². The van der Waals surface area contributed by atoms with E-state index in [1.54, 1.807) is 13.8 Å². The summed E-state index contributed by atoms with van der Waals surface area (Å²) in [5.74, 6) is -0.646. The van der Waals surface area contributed by atoms with Gasteiger partial charge in [-0.3, -0.25) is 4.79 Å². The third-order valence-corrected chi connectivity index (χ3v) is 1.75. The maximum absolute atomic E-state index is 11.4. The van der Waals surface area contributed by atoms with Crippen LogP contribution in [0.5, 0.6) is 0 Å². The van der Waals surface area contributed by atoms with Gasteiger partial charge in [0.2, 0.25) is 5.91 Å². The van der Waals surface area contributed by atoms with Crippen LogP contribution in [0.25, 0.3) is 0 Å². The van der Waals surface area contributed by atoms with E-state index in [2.05, 4.69) is 10.6 Å². The summed E-state index contributed by atoms with van der Waals surface area (Å²) in [6.45, 7) is 6.05. The molecule has 0 aromatic heterocycles. The molecule has 3 amide bonds. The van der Waals surface area contributed by atoms with Crippen LogP contribution in [-0.4, -0.2) is 23.0 Å². The Labute approximate surface area is 88.8 Å². The molecule has 0 aromatic carbocycles. The van der Waals surface area contributed by atoms with Gasteiger partial charge in [-0.2, -0.15) is 5.26 Å². The molecular formula is C9H16N4O2. The van der Waals surface area contributed by atoms with E-state index in [1.165, 1.54) is 13.8 Å². The molecule has 15 heavy (non-hydrogen) atoms. The Hall–Kier alpha value is -1.77. The predicted molar refractivity (Wildman–Crippen MR) is 54.6 cm³/mol. The summed E-state index contributed by atoms with van der Waals surface area (Å²) in [6, 6.07) is 1.29. The maximum atomic E-state index is 11.4. The first-order chi connectivity index (χ1) is 6.60. The van der Waals surface area contributed by atoms with Gasteiger partial charge in [-0.15, -0.1) is 0 Å². The number of amides is 3. The zero-order chi connectivity index (χ0) is 12.3. The second kappa shape index (κ2) is 4.17. The number of nitrogens with two attached hydrogens (primary N) is 1. The Morgan fingerprint density at radius 2 is 1.67 bits per heavy atom. The van der Waals surface area contributed by atoms with Gasteiger partial charge in [0.15, 0.2) is 0 Å². The molecule has 6 nitrogen and oxygen atoms in total. The predicted octanol–water partition coefficient (Wildman–Crippen LogP) is -0.148. The molecule has 0 heterocycles. The number of nitrogens with zero attached hydrogens (tertiary/aromatic N) is 1. The molecule has 0 spiro atoms. The maximum Gasteiger partial charge on any atom is 0.316 e. The molecule has 0 atom stereocenters.